The summed E-state index contributed by atoms with van der Waals surface area (Å²) in [5.41, 5.74) is 7.21. The summed E-state index contributed by atoms with van der Waals surface area (Å²) in [5.74, 6) is 1.16. The topological polar surface area (TPSA) is 66.5 Å². The predicted molar refractivity (Wildman–Crippen MR) is 139 cm³/mol. The highest BCUT2D eigenvalue weighted by Gasteiger charge is 2.42. The number of benzene rings is 3. The van der Waals surface area contributed by atoms with Crippen LogP contribution in [0.4, 0.5) is 5.69 Å². The van der Waals surface area contributed by atoms with Crippen molar-refractivity contribution in [3.63, 3.8) is 0 Å². The second-order valence-electron chi connectivity index (χ2n) is 9.70. The van der Waals surface area contributed by atoms with E-state index >= 15 is 0 Å². The van der Waals surface area contributed by atoms with Crippen molar-refractivity contribution >= 4 is 27.7 Å². The normalized spacial score (nSPS) is 23.8. The van der Waals surface area contributed by atoms with Crippen LogP contribution in [0.5, 0.6) is 0 Å². The van der Waals surface area contributed by atoms with Crippen LogP contribution in [0.3, 0.4) is 0 Å². The fourth-order valence-corrected chi connectivity index (χ4v) is 7.67. The first kappa shape index (κ1) is 22.1. The molecular formula is C29H28N2O3S. The van der Waals surface area contributed by atoms with Gasteiger partial charge in [-0.05, 0) is 64.8 Å². The number of sulfonamides is 1. The number of amides is 1. The largest absolute Gasteiger partial charge is 0.352 e. The predicted octanol–water partition coefficient (Wildman–Crippen LogP) is 4.65. The first-order valence-corrected chi connectivity index (χ1v) is 13.9. The van der Waals surface area contributed by atoms with Crippen molar-refractivity contribution in [2.24, 2.45) is 5.92 Å². The Morgan fingerprint density at radius 3 is 2.14 bits per heavy atom. The summed E-state index contributed by atoms with van der Waals surface area (Å²) in [6.45, 7) is 1.16. The molecule has 4 aliphatic rings. The van der Waals surface area contributed by atoms with E-state index in [4.69, 9.17) is 0 Å². The molecule has 0 aromatic heterocycles. The molecule has 1 atom stereocenters. The van der Waals surface area contributed by atoms with E-state index in [1.165, 1.54) is 26.6 Å². The Morgan fingerprint density at radius 2 is 1.54 bits per heavy atom. The first-order chi connectivity index (χ1) is 17.0. The van der Waals surface area contributed by atoms with Gasteiger partial charge >= 0.3 is 0 Å². The lowest BCUT2D eigenvalue weighted by atomic mass is 9.59. The van der Waals surface area contributed by atoms with E-state index in [9.17, 15) is 13.2 Å². The van der Waals surface area contributed by atoms with Crippen LogP contribution in [0.2, 0.25) is 0 Å². The number of nitrogens with one attached hydrogen (secondary N) is 1. The Morgan fingerprint density at radius 1 is 0.914 bits per heavy atom. The zero-order valence-electron chi connectivity index (χ0n) is 19.4. The van der Waals surface area contributed by atoms with Crippen molar-refractivity contribution in [2.75, 3.05) is 23.1 Å². The number of hydrogen-bond donors (Lipinski definition) is 1. The zero-order valence-corrected chi connectivity index (χ0v) is 20.2. The minimum atomic E-state index is -3.19. The summed E-state index contributed by atoms with van der Waals surface area (Å²) >= 11 is 0. The third-order valence-electron chi connectivity index (χ3n) is 7.67. The molecule has 3 aromatic rings. The van der Waals surface area contributed by atoms with Gasteiger partial charge in [0.1, 0.15) is 0 Å². The van der Waals surface area contributed by atoms with Crippen LogP contribution in [0.25, 0.3) is 6.08 Å². The molecule has 0 saturated carbocycles. The summed E-state index contributed by atoms with van der Waals surface area (Å²) in [6.07, 6.45) is 5.04. The number of rotatable bonds is 5. The maximum Gasteiger partial charge on any atom is 0.244 e. The summed E-state index contributed by atoms with van der Waals surface area (Å²) in [6, 6.07) is 24.8. The smallest absolute Gasteiger partial charge is 0.244 e. The van der Waals surface area contributed by atoms with Gasteiger partial charge in [0.05, 0.1) is 11.4 Å². The van der Waals surface area contributed by atoms with Crippen molar-refractivity contribution in [2.45, 2.75) is 24.7 Å². The molecule has 35 heavy (non-hydrogen) atoms. The molecule has 2 bridgehead atoms. The lowest BCUT2D eigenvalue weighted by molar-refractivity contribution is -0.116. The molecule has 3 aliphatic carbocycles. The standard InChI is InChI=1S/C29H28N2O3S/c32-28(15-12-20-10-13-22(14-11-20)31-16-5-17-35(31,33)34)30-19-21-18-27-23-6-1-3-8-25(23)29(21)26-9-4-2-7-24(26)27/h1-4,6-15,21,27,29H,5,16-19H2,(H,30,32)/b15-12+. The van der Waals surface area contributed by atoms with Gasteiger partial charge in [0.25, 0.3) is 0 Å². The average molecular weight is 485 g/mol. The fraction of sp³-hybridized carbons (Fsp3) is 0.276. The van der Waals surface area contributed by atoms with E-state index in [2.05, 4.69) is 53.8 Å². The molecule has 6 heteroatoms. The minimum Gasteiger partial charge on any atom is -0.352 e. The molecule has 1 heterocycles. The zero-order chi connectivity index (χ0) is 24.0. The Hall–Kier alpha value is -3.38. The highest BCUT2D eigenvalue weighted by atomic mass is 32.2. The Labute approximate surface area is 206 Å². The minimum absolute atomic E-state index is 0.112. The van der Waals surface area contributed by atoms with E-state index in [1.807, 2.05) is 12.1 Å². The Bertz CT molecular complexity index is 1360. The van der Waals surface area contributed by atoms with Crippen molar-refractivity contribution in [1.29, 1.82) is 0 Å². The third-order valence-corrected chi connectivity index (χ3v) is 9.54. The second kappa shape index (κ2) is 8.68. The Balaban J connectivity index is 1.12. The van der Waals surface area contributed by atoms with E-state index < -0.39 is 10.0 Å². The van der Waals surface area contributed by atoms with Crippen molar-refractivity contribution < 1.29 is 13.2 Å². The van der Waals surface area contributed by atoms with Crippen LogP contribution < -0.4 is 9.62 Å². The molecular weight excluding hydrogens is 456 g/mol. The van der Waals surface area contributed by atoms with Crippen molar-refractivity contribution in [3.8, 4) is 0 Å². The van der Waals surface area contributed by atoms with Crippen LogP contribution in [-0.4, -0.2) is 33.2 Å². The summed E-state index contributed by atoms with van der Waals surface area (Å²) in [7, 11) is -3.19. The number of anilines is 1. The molecule has 0 radical (unpaired) electrons. The highest BCUT2D eigenvalue weighted by molar-refractivity contribution is 7.93. The van der Waals surface area contributed by atoms with Crippen LogP contribution in [-0.2, 0) is 14.8 Å². The van der Waals surface area contributed by atoms with Gasteiger partial charge in [-0.15, -0.1) is 0 Å². The van der Waals surface area contributed by atoms with Gasteiger partial charge in [-0.1, -0.05) is 60.7 Å². The summed E-state index contributed by atoms with van der Waals surface area (Å²) in [4.78, 5) is 12.6. The lowest BCUT2D eigenvalue weighted by Crippen LogP contribution is -2.38. The van der Waals surface area contributed by atoms with E-state index in [1.54, 1.807) is 24.3 Å². The molecule has 1 amide bonds. The van der Waals surface area contributed by atoms with Crippen LogP contribution in [0, 0.1) is 5.92 Å². The van der Waals surface area contributed by atoms with E-state index in [0.29, 0.717) is 43.0 Å². The maximum absolute atomic E-state index is 12.6. The highest BCUT2D eigenvalue weighted by Crippen LogP contribution is 2.55. The number of carbonyl (C=O) groups is 1. The Kier molecular flexibility index (Phi) is 5.49. The van der Waals surface area contributed by atoms with Gasteiger partial charge in [-0.25, -0.2) is 8.42 Å². The second-order valence-corrected chi connectivity index (χ2v) is 11.7. The van der Waals surface area contributed by atoms with Crippen molar-refractivity contribution in [3.05, 3.63) is 107 Å². The van der Waals surface area contributed by atoms with Gasteiger partial charge in [0.2, 0.25) is 15.9 Å². The third kappa shape index (κ3) is 3.96. The molecule has 1 unspecified atom stereocenters. The summed E-state index contributed by atoms with van der Waals surface area (Å²) < 4.78 is 25.7. The number of fused-ring (bicyclic) bond motifs is 1. The van der Waals surface area contributed by atoms with Crippen LogP contribution in [0.1, 0.15) is 52.5 Å². The van der Waals surface area contributed by atoms with Gasteiger partial charge in [0.15, 0.2) is 0 Å². The molecule has 1 aliphatic heterocycles. The SMILES string of the molecule is O=C(/C=C/c1ccc(N2CCCS2(=O)=O)cc1)NCC1CC2c3ccccc3C1c1ccccc12. The number of hydrogen-bond acceptors (Lipinski definition) is 3. The van der Waals surface area contributed by atoms with Gasteiger partial charge in [-0.2, -0.15) is 0 Å². The molecule has 7 rings (SSSR count). The number of nitrogens with zero attached hydrogens (tertiary/aromatic N) is 1. The van der Waals surface area contributed by atoms with Gasteiger partial charge in [0, 0.05) is 31.0 Å². The molecule has 1 saturated heterocycles. The summed E-state index contributed by atoms with van der Waals surface area (Å²) in [5, 5.41) is 3.12. The molecule has 0 spiro atoms. The van der Waals surface area contributed by atoms with E-state index in [0.717, 1.165) is 12.0 Å². The monoisotopic (exact) mass is 484 g/mol. The molecule has 1 fully saturated rings. The van der Waals surface area contributed by atoms with Crippen molar-refractivity contribution in [1.82, 2.24) is 5.32 Å². The van der Waals surface area contributed by atoms with E-state index in [-0.39, 0.29) is 11.7 Å². The molecule has 1 N–H and O–H groups in total. The van der Waals surface area contributed by atoms with Crippen LogP contribution in [0.15, 0.2) is 78.9 Å². The molecule has 178 valence electrons. The molecule has 5 nitrogen and oxygen atoms in total. The lowest BCUT2D eigenvalue weighted by Gasteiger charge is -2.45. The maximum atomic E-state index is 12.6. The fourth-order valence-electron chi connectivity index (χ4n) is 6.10. The quantitative estimate of drug-likeness (QED) is 0.536. The van der Waals surface area contributed by atoms with Crippen LogP contribution >= 0.6 is 0 Å². The van der Waals surface area contributed by atoms with Gasteiger partial charge in [-0.3, -0.25) is 9.10 Å². The average Bonchev–Trinajstić information content (AvgIpc) is 3.25. The number of carbonyl (C=O) groups excluding carboxylic acids is 1. The first-order valence-electron chi connectivity index (χ1n) is 12.3. The molecule has 3 aromatic carbocycles. The van der Waals surface area contributed by atoms with Gasteiger partial charge < -0.3 is 5.32 Å².